The zero-order chi connectivity index (χ0) is 27.4. The lowest BCUT2D eigenvalue weighted by Gasteiger charge is -2.16. The molecule has 0 saturated carbocycles. The summed E-state index contributed by atoms with van der Waals surface area (Å²) in [7, 11) is 0. The Balaban J connectivity index is 3.77. The van der Waals surface area contributed by atoms with E-state index in [0.29, 0.717) is 0 Å². The second-order valence-corrected chi connectivity index (χ2v) is 13.1. The maximum absolute atomic E-state index is 3.33. The summed E-state index contributed by atoms with van der Waals surface area (Å²) in [6.45, 7) is 28.5. The molecule has 1 aliphatic rings. The third-order valence-electron chi connectivity index (χ3n) is 4.81. The second-order valence-electron chi connectivity index (χ2n) is 13.1. The van der Waals surface area contributed by atoms with Crippen LogP contribution in [0.5, 0.6) is 0 Å². The first-order valence-electron chi connectivity index (χ1n) is 12.2. The van der Waals surface area contributed by atoms with E-state index in [1.54, 1.807) is 0 Å². The summed E-state index contributed by atoms with van der Waals surface area (Å²) in [5.74, 6) is 46.7. The summed E-state index contributed by atoms with van der Waals surface area (Å²) in [4.78, 5) is 0. The van der Waals surface area contributed by atoms with Crippen molar-refractivity contribution in [1.82, 2.24) is 0 Å². The van der Waals surface area contributed by atoms with Crippen molar-refractivity contribution >= 4 is 0 Å². The zero-order valence-corrected chi connectivity index (χ0v) is 24.5. The largest absolute Gasteiger partial charge is 0.0863 e. The van der Waals surface area contributed by atoms with Crippen molar-refractivity contribution < 1.29 is 0 Å². The van der Waals surface area contributed by atoms with Crippen molar-refractivity contribution in [3.05, 3.63) is 0 Å². The molecule has 0 nitrogen and oxygen atoms in total. The zero-order valence-electron chi connectivity index (χ0n) is 24.5. The van der Waals surface area contributed by atoms with Crippen LogP contribution in [0.2, 0.25) is 0 Å². The first-order valence-corrected chi connectivity index (χ1v) is 12.2. The molecule has 0 bridgehead atoms. The van der Waals surface area contributed by atoms with E-state index in [4.69, 9.17) is 0 Å². The number of hydrogen-bond donors (Lipinski definition) is 0. The smallest absolute Gasteiger partial charge is 0.0824 e. The standard InChI is InChI=1S/C35H42/c1-29(2)15-17-30(3,4)19-21-32(7,8)23-25-34(11,12)27-28-35(13,14)26-24-33(9,10)22-20-31(5,6)18-16-29/h1-14H3. The van der Waals surface area contributed by atoms with Gasteiger partial charge in [-0.05, 0) is 96.9 Å². The molecular formula is C35H42. The third-order valence-corrected chi connectivity index (χ3v) is 4.81. The molecule has 0 spiro atoms. The van der Waals surface area contributed by atoms with Gasteiger partial charge in [-0.2, -0.15) is 0 Å². The van der Waals surface area contributed by atoms with E-state index >= 15 is 0 Å². The molecule has 1 aliphatic carbocycles. The number of hydrogen-bond acceptors (Lipinski definition) is 0. The predicted molar refractivity (Wildman–Crippen MR) is 151 cm³/mol. The topological polar surface area (TPSA) is 0 Å². The van der Waals surface area contributed by atoms with Gasteiger partial charge < -0.3 is 0 Å². The Hall–Kier alpha value is -3.08. The van der Waals surface area contributed by atoms with Crippen LogP contribution in [0, 0.1) is 121 Å². The molecule has 1 rings (SSSR count). The molecular weight excluding hydrogens is 420 g/mol. The van der Waals surface area contributed by atoms with Crippen LogP contribution < -0.4 is 0 Å². The Kier molecular flexibility index (Phi) is 8.46. The van der Waals surface area contributed by atoms with E-state index in [1.165, 1.54) is 0 Å². The van der Waals surface area contributed by atoms with Gasteiger partial charge in [0.2, 0.25) is 0 Å². The lowest BCUT2D eigenvalue weighted by molar-refractivity contribution is 0.631. The minimum Gasteiger partial charge on any atom is -0.0824 e. The van der Waals surface area contributed by atoms with Crippen LogP contribution in [0.4, 0.5) is 0 Å². The molecule has 0 heterocycles. The van der Waals surface area contributed by atoms with Gasteiger partial charge in [0, 0.05) is 0 Å². The average molecular weight is 463 g/mol. The van der Waals surface area contributed by atoms with Crippen molar-refractivity contribution in [2.24, 2.45) is 37.9 Å². The van der Waals surface area contributed by atoms with Gasteiger partial charge in [-0.3, -0.25) is 0 Å². The summed E-state index contributed by atoms with van der Waals surface area (Å²) in [5, 5.41) is 0. The quantitative estimate of drug-likeness (QED) is 0.334. The van der Waals surface area contributed by atoms with E-state index in [9.17, 15) is 0 Å². The van der Waals surface area contributed by atoms with Crippen LogP contribution in [-0.4, -0.2) is 0 Å². The molecule has 0 radical (unpaired) electrons. The summed E-state index contributed by atoms with van der Waals surface area (Å²) >= 11 is 0. The highest BCUT2D eigenvalue weighted by atomic mass is 14.2. The van der Waals surface area contributed by atoms with Crippen LogP contribution in [-0.2, 0) is 0 Å². The first-order chi connectivity index (χ1) is 15.4. The third kappa shape index (κ3) is 12.3. The van der Waals surface area contributed by atoms with E-state index in [2.05, 4.69) is 82.9 Å². The van der Waals surface area contributed by atoms with Crippen molar-refractivity contribution in [3.63, 3.8) is 0 Å². The fraction of sp³-hybridized carbons (Fsp3) is 0.600. The fourth-order valence-corrected chi connectivity index (χ4v) is 2.41. The van der Waals surface area contributed by atoms with Gasteiger partial charge in [0.15, 0.2) is 0 Å². The van der Waals surface area contributed by atoms with Crippen molar-refractivity contribution in [1.29, 1.82) is 0 Å². The Bertz CT molecular complexity index is 917. The van der Waals surface area contributed by atoms with Gasteiger partial charge in [0.25, 0.3) is 0 Å². The lowest BCUT2D eigenvalue weighted by atomic mass is 9.85. The van der Waals surface area contributed by atoms with Gasteiger partial charge in [0.1, 0.15) is 0 Å². The van der Waals surface area contributed by atoms with Crippen molar-refractivity contribution in [2.45, 2.75) is 96.9 Å². The molecule has 0 aromatic heterocycles. The predicted octanol–water partition coefficient (Wildman–Crippen LogP) is 7.21. The summed E-state index contributed by atoms with van der Waals surface area (Å²) in [6, 6.07) is 0. The van der Waals surface area contributed by atoms with E-state index in [-0.39, 0.29) is 0 Å². The van der Waals surface area contributed by atoms with E-state index in [0.717, 1.165) is 0 Å². The monoisotopic (exact) mass is 462 g/mol. The maximum Gasteiger partial charge on any atom is 0.0863 e. The maximum atomic E-state index is 3.33. The van der Waals surface area contributed by atoms with Gasteiger partial charge in [-0.15, -0.1) is 0 Å². The Morgan fingerprint density at radius 1 is 0.171 bits per heavy atom. The minimum absolute atomic E-state index is 0.479. The fourth-order valence-electron chi connectivity index (χ4n) is 2.41. The molecule has 0 atom stereocenters. The molecule has 0 saturated heterocycles. The highest BCUT2D eigenvalue weighted by Gasteiger charge is 2.21. The van der Waals surface area contributed by atoms with E-state index < -0.39 is 37.9 Å². The second kappa shape index (κ2) is 9.88. The lowest BCUT2D eigenvalue weighted by Crippen LogP contribution is -2.13. The summed E-state index contributed by atoms with van der Waals surface area (Å²) in [6.07, 6.45) is 0. The summed E-state index contributed by atoms with van der Waals surface area (Å²) in [5.41, 5.74) is -3.36. The van der Waals surface area contributed by atoms with Gasteiger partial charge in [-0.1, -0.05) is 82.9 Å². The van der Waals surface area contributed by atoms with Crippen molar-refractivity contribution in [3.8, 4) is 82.9 Å². The van der Waals surface area contributed by atoms with E-state index in [1.807, 2.05) is 96.9 Å². The highest BCUT2D eigenvalue weighted by molar-refractivity contribution is 5.39. The molecule has 0 unspecified atom stereocenters. The highest BCUT2D eigenvalue weighted by Crippen LogP contribution is 2.23. The Labute approximate surface area is 217 Å². The normalized spacial score (nSPS) is 23.6. The summed E-state index contributed by atoms with van der Waals surface area (Å²) < 4.78 is 0. The molecule has 35 heavy (non-hydrogen) atoms. The molecule has 0 aromatic rings. The van der Waals surface area contributed by atoms with Gasteiger partial charge in [0.05, 0.1) is 37.9 Å². The average Bonchev–Trinajstić information content (AvgIpc) is 2.71. The Morgan fingerprint density at radius 3 is 0.286 bits per heavy atom. The van der Waals surface area contributed by atoms with Crippen LogP contribution in [0.15, 0.2) is 0 Å². The van der Waals surface area contributed by atoms with Crippen LogP contribution in [0.3, 0.4) is 0 Å². The molecule has 0 heteroatoms. The first kappa shape index (κ1) is 30.0. The Morgan fingerprint density at radius 2 is 0.229 bits per heavy atom. The number of rotatable bonds is 0. The van der Waals surface area contributed by atoms with Crippen LogP contribution >= 0.6 is 0 Å². The molecule has 0 aliphatic heterocycles. The van der Waals surface area contributed by atoms with Gasteiger partial charge >= 0.3 is 0 Å². The van der Waals surface area contributed by atoms with Gasteiger partial charge in [-0.25, -0.2) is 0 Å². The molecule has 0 N–H and O–H groups in total. The SMILES string of the molecule is CC1(C)C#CC(C)(C)C#CC(C)(C)C#CC(C)(C)C#CC(C)(C)C#CC(C)(C)C#CC(C)(C)C#C1. The van der Waals surface area contributed by atoms with Crippen LogP contribution in [0.1, 0.15) is 96.9 Å². The molecule has 0 amide bonds. The molecule has 0 aromatic carbocycles. The molecule has 0 fully saturated rings. The van der Waals surface area contributed by atoms with Crippen LogP contribution in [0.25, 0.3) is 0 Å². The minimum atomic E-state index is -0.479. The molecule has 182 valence electrons. The van der Waals surface area contributed by atoms with Crippen molar-refractivity contribution in [2.75, 3.05) is 0 Å².